The molecule has 20 heavy (non-hydrogen) atoms. The van der Waals surface area contributed by atoms with Crippen LogP contribution in [0.2, 0.25) is 0 Å². The quantitative estimate of drug-likeness (QED) is 0.814. The molecule has 3 saturated carbocycles. The molecule has 2 N–H and O–H groups in total. The summed E-state index contributed by atoms with van der Waals surface area (Å²) in [5.74, 6) is 0.781. The second kappa shape index (κ2) is 6.33. The van der Waals surface area contributed by atoms with E-state index in [1.54, 1.807) is 0 Å². The normalized spacial score (nSPS) is 39.9. The maximum atomic E-state index is 9.59. The SMILES string of the molecule is CCOC1CC(NCC2CCC(O)CC2)C12CCCC2. The van der Waals surface area contributed by atoms with E-state index in [0.29, 0.717) is 17.6 Å². The topological polar surface area (TPSA) is 41.5 Å². The first-order valence-corrected chi connectivity index (χ1v) is 8.77. The molecule has 3 fully saturated rings. The van der Waals surface area contributed by atoms with Crippen molar-refractivity contribution in [2.24, 2.45) is 11.3 Å². The lowest BCUT2D eigenvalue weighted by Crippen LogP contribution is -2.63. The number of nitrogens with one attached hydrogen (secondary N) is 1. The Balaban J connectivity index is 1.48. The van der Waals surface area contributed by atoms with Crippen molar-refractivity contribution in [3.05, 3.63) is 0 Å². The Labute approximate surface area is 123 Å². The Bertz CT molecular complexity index is 306. The van der Waals surface area contributed by atoms with E-state index in [4.69, 9.17) is 4.74 Å². The smallest absolute Gasteiger partial charge is 0.0661 e. The van der Waals surface area contributed by atoms with Crippen LogP contribution in [0.4, 0.5) is 0 Å². The molecule has 3 rings (SSSR count). The molecule has 116 valence electrons. The zero-order valence-corrected chi connectivity index (χ0v) is 12.9. The van der Waals surface area contributed by atoms with Crippen molar-refractivity contribution >= 4 is 0 Å². The van der Waals surface area contributed by atoms with Gasteiger partial charge in [0.2, 0.25) is 0 Å². The highest BCUT2D eigenvalue weighted by Crippen LogP contribution is 2.54. The van der Waals surface area contributed by atoms with Crippen LogP contribution < -0.4 is 5.32 Å². The minimum atomic E-state index is -0.0292. The second-order valence-corrected chi connectivity index (χ2v) is 7.26. The monoisotopic (exact) mass is 281 g/mol. The van der Waals surface area contributed by atoms with E-state index in [1.807, 2.05) is 0 Å². The molecule has 0 saturated heterocycles. The predicted molar refractivity (Wildman–Crippen MR) is 80.7 cm³/mol. The summed E-state index contributed by atoms with van der Waals surface area (Å²) in [6.45, 7) is 4.13. The molecule has 3 aliphatic rings. The Morgan fingerprint density at radius 1 is 1.15 bits per heavy atom. The number of aliphatic hydroxyl groups excluding tert-OH is 1. The van der Waals surface area contributed by atoms with Crippen molar-refractivity contribution in [1.82, 2.24) is 5.32 Å². The summed E-state index contributed by atoms with van der Waals surface area (Å²) in [6.07, 6.45) is 11.6. The van der Waals surface area contributed by atoms with Gasteiger partial charge in [0.15, 0.2) is 0 Å². The number of aliphatic hydroxyl groups is 1. The number of rotatable bonds is 5. The molecule has 2 unspecified atom stereocenters. The Morgan fingerprint density at radius 2 is 1.85 bits per heavy atom. The first kappa shape index (κ1) is 14.8. The van der Waals surface area contributed by atoms with Crippen LogP contribution in [-0.2, 0) is 4.74 Å². The Morgan fingerprint density at radius 3 is 2.50 bits per heavy atom. The fourth-order valence-corrected chi connectivity index (χ4v) is 4.83. The van der Waals surface area contributed by atoms with Gasteiger partial charge in [0, 0.05) is 18.1 Å². The fourth-order valence-electron chi connectivity index (χ4n) is 4.83. The lowest BCUT2D eigenvalue weighted by molar-refractivity contribution is -0.131. The summed E-state index contributed by atoms with van der Waals surface area (Å²) < 4.78 is 5.98. The summed E-state index contributed by atoms with van der Waals surface area (Å²) in [4.78, 5) is 0. The van der Waals surface area contributed by atoms with Crippen molar-refractivity contribution in [2.45, 2.75) is 83.0 Å². The van der Waals surface area contributed by atoms with Gasteiger partial charge in [-0.1, -0.05) is 12.8 Å². The molecule has 0 radical (unpaired) electrons. The van der Waals surface area contributed by atoms with E-state index < -0.39 is 0 Å². The molecule has 3 aliphatic carbocycles. The van der Waals surface area contributed by atoms with Gasteiger partial charge in [0.05, 0.1) is 12.2 Å². The predicted octanol–water partition coefficient (Wildman–Crippen LogP) is 2.86. The fraction of sp³-hybridized carbons (Fsp3) is 1.00. The summed E-state index contributed by atoms with van der Waals surface area (Å²) in [7, 11) is 0. The summed E-state index contributed by atoms with van der Waals surface area (Å²) in [5.41, 5.74) is 0.462. The zero-order valence-electron chi connectivity index (χ0n) is 12.9. The van der Waals surface area contributed by atoms with Gasteiger partial charge in [0.25, 0.3) is 0 Å². The lowest BCUT2D eigenvalue weighted by Gasteiger charge is -2.54. The largest absolute Gasteiger partial charge is 0.393 e. The van der Waals surface area contributed by atoms with Gasteiger partial charge in [-0.15, -0.1) is 0 Å². The average Bonchev–Trinajstić information content (AvgIpc) is 2.96. The number of hydrogen-bond acceptors (Lipinski definition) is 3. The van der Waals surface area contributed by atoms with Crippen molar-refractivity contribution in [1.29, 1.82) is 0 Å². The highest BCUT2D eigenvalue weighted by atomic mass is 16.5. The molecule has 0 aromatic carbocycles. The van der Waals surface area contributed by atoms with E-state index in [1.165, 1.54) is 44.9 Å². The standard InChI is InChI=1S/C17H31NO2/c1-2-20-16-11-15(17(16)9-3-4-10-17)18-12-13-5-7-14(19)8-6-13/h13-16,18-19H,2-12H2,1H3. The van der Waals surface area contributed by atoms with E-state index in [0.717, 1.165) is 31.9 Å². The molecule has 0 aromatic heterocycles. The molecule has 0 aliphatic heterocycles. The molecular weight excluding hydrogens is 250 g/mol. The number of hydrogen-bond donors (Lipinski definition) is 2. The van der Waals surface area contributed by atoms with Crippen LogP contribution in [0.3, 0.4) is 0 Å². The highest BCUT2D eigenvalue weighted by molar-refractivity contribution is 5.10. The van der Waals surface area contributed by atoms with E-state index in [-0.39, 0.29) is 6.10 Å². The van der Waals surface area contributed by atoms with Crippen LogP contribution >= 0.6 is 0 Å². The first-order valence-electron chi connectivity index (χ1n) is 8.77. The second-order valence-electron chi connectivity index (χ2n) is 7.26. The lowest BCUT2D eigenvalue weighted by atomic mass is 9.60. The van der Waals surface area contributed by atoms with Crippen molar-refractivity contribution in [3.8, 4) is 0 Å². The van der Waals surface area contributed by atoms with Gasteiger partial charge in [-0.2, -0.15) is 0 Å². The summed E-state index contributed by atoms with van der Waals surface area (Å²) >= 11 is 0. The third-order valence-corrected chi connectivity index (χ3v) is 6.16. The molecule has 3 heteroatoms. The highest BCUT2D eigenvalue weighted by Gasteiger charge is 2.56. The van der Waals surface area contributed by atoms with E-state index in [2.05, 4.69) is 12.2 Å². The molecule has 0 heterocycles. The van der Waals surface area contributed by atoms with E-state index >= 15 is 0 Å². The van der Waals surface area contributed by atoms with Gasteiger partial charge in [-0.3, -0.25) is 0 Å². The maximum Gasteiger partial charge on any atom is 0.0661 e. The molecule has 0 amide bonds. The van der Waals surface area contributed by atoms with E-state index in [9.17, 15) is 5.11 Å². The van der Waals surface area contributed by atoms with Crippen molar-refractivity contribution in [2.75, 3.05) is 13.2 Å². The molecule has 3 nitrogen and oxygen atoms in total. The van der Waals surface area contributed by atoms with Gasteiger partial charge in [-0.05, 0) is 64.3 Å². The van der Waals surface area contributed by atoms with Gasteiger partial charge < -0.3 is 15.2 Å². The van der Waals surface area contributed by atoms with Crippen LogP contribution in [0.1, 0.15) is 64.7 Å². The Hall–Kier alpha value is -0.120. The van der Waals surface area contributed by atoms with Gasteiger partial charge >= 0.3 is 0 Å². The van der Waals surface area contributed by atoms with Gasteiger partial charge in [0.1, 0.15) is 0 Å². The molecule has 0 aromatic rings. The maximum absolute atomic E-state index is 9.59. The average molecular weight is 281 g/mol. The third kappa shape index (κ3) is 2.77. The van der Waals surface area contributed by atoms with Crippen LogP contribution in [-0.4, -0.2) is 36.5 Å². The third-order valence-electron chi connectivity index (χ3n) is 6.16. The minimum Gasteiger partial charge on any atom is -0.393 e. The van der Waals surface area contributed by atoms with Crippen LogP contribution in [0.5, 0.6) is 0 Å². The Kier molecular flexibility index (Phi) is 4.68. The summed E-state index contributed by atoms with van der Waals surface area (Å²) in [6, 6.07) is 0.688. The molecular formula is C17H31NO2. The van der Waals surface area contributed by atoms with Gasteiger partial charge in [-0.25, -0.2) is 0 Å². The molecule has 0 bridgehead atoms. The van der Waals surface area contributed by atoms with Crippen LogP contribution in [0.15, 0.2) is 0 Å². The zero-order chi connectivity index (χ0) is 14.0. The number of ether oxygens (including phenoxy) is 1. The molecule has 1 spiro atoms. The summed E-state index contributed by atoms with van der Waals surface area (Å²) in [5, 5.41) is 13.4. The van der Waals surface area contributed by atoms with Crippen LogP contribution in [0.25, 0.3) is 0 Å². The van der Waals surface area contributed by atoms with Crippen LogP contribution in [0, 0.1) is 11.3 Å². The first-order chi connectivity index (χ1) is 9.74. The van der Waals surface area contributed by atoms with Crippen molar-refractivity contribution in [3.63, 3.8) is 0 Å². The molecule has 2 atom stereocenters. The van der Waals surface area contributed by atoms with Crippen molar-refractivity contribution < 1.29 is 9.84 Å². The minimum absolute atomic E-state index is 0.0292.